The van der Waals surface area contributed by atoms with Crippen LogP contribution in [0.25, 0.3) is 21.1 Å². The van der Waals surface area contributed by atoms with Gasteiger partial charge in [0.05, 0.1) is 28.4 Å². The van der Waals surface area contributed by atoms with Crippen molar-refractivity contribution in [3.63, 3.8) is 0 Å². The van der Waals surface area contributed by atoms with Crippen molar-refractivity contribution < 1.29 is 19.1 Å². The molecule has 1 N–H and O–H groups in total. The van der Waals surface area contributed by atoms with Crippen LogP contribution < -0.4 is 10.1 Å². The van der Waals surface area contributed by atoms with Gasteiger partial charge in [0.1, 0.15) is 5.75 Å². The molecule has 5 aromatic rings. The largest absolute Gasteiger partial charge is 0.497 e. The highest BCUT2D eigenvalue weighted by atomic mass is 32.1. The van der Waals surface area contributed by atoms with Gasteiger partial charge in [-0.25, -0.2) is 9.78 Å². The van der Waals surface area contributed by atoms with E-state index in [0.717, 1.165) is 57.6 Å². The average Bonchev–Trinajstić information content (AvgIpc) is 3.40. The maximum absolute atomic E-state index is 13.9. The number of carbonyl (C=O) groups excluding carboxylic acids is 2. The first-order valence-corrected chi connectivity index (χ1v) is 14.5. The SMILES string of the molecule is CCC(OC(=O)c1c2c(nc3ccccc13)CCN(Cc1ccccc1)C2)C(=O)Nc1nc2ccc(OC)cc2s1. The van der Waals surface area contributed by atoms with Crippen LogP contribution in [0.5, 0.6) is 5.75 Å². The quantitative estimate of drug-likeness (QED) is 0.231. The summed E-state index contributed by atoms with van der Waals surface area (Å²) >= 11 is 1.34. The number of esters is 1. The molecule has 0 radical (unpaired) electrons. The summed E-state index contributed by atoms with van der Waals surface area (Å²) in [4.78, 5) is 38.8. The first-order chi connectivity index (χ1) is 20.0. The number of pyridine rings is 1. The third-order valence-electron chi connectivity index (χ3n) is 7.32. The molecule has 2 aromatic heterocycles. The minimum Gasteiger partial charge on any atom is -0.497 e. The number of hydrogen-bond donors (Lipinski definition) is 1. The summed E-state index contributed by atoms with van der Waals surface area (Å²) in [6, 6.07) is 23.4. The monoisotopic (exact) mass is 566 g/mol. The summed E-state index contributed by atoms with van der Waals surface area (Å²) in [5, 5.41) is 4.01. The fourth-order valence-electron chi connectivity index (χ4n) is 5.24. The lowest BCUT2D eigenvalue weighted by Gasteiger charge is -2.30. The Morgan fingerprint density at radius 1 is 1.02 bits per heavy atom. The number of hydrogen-bond acceptors (Lipinski definition) is 8. The lowest BCUT2D eigenvalue weighted by molar-refractivity contribution is -0.124. The van der Waals surface area contributed by atoms with E-state index in [1.54, 1.807) is 7.11 Å². The fourth-order valence-corrected chi connectivity index (χ4v) is 6.13. The van der Waals surface area contributed by atoms with Crippen LogP contribution >= 0.6 is 11.3 Å². The number of carbonyl (C=O) groups is 2. The van der Waals surface area contributed by atoms with E-state index in [2.05, 4.69) is 27.3 Å². The molecule has 0 saturated carbocycles. The molecule has 1 aliphatic rings. The normalized spacial score (nSPS) is 14.0. The maximum Gasteiger partial charge on any atom is 0.340 e. The number of methoxy groups -OCH3 is 1. The average molecular weight is 567 g/mol. The molecule has 9 heteroatoms. The third-order valence-corrected chi connectivity index (χ3v) is 8.25. The number of benzene rings is 3. The molecule has 1 atom stereocenters. The van der Waals surface area contributed by atoms with Gasteiger partial charge in [-0.05, 0) is 36.2 Å². The van der Waals surface area contributed by atoms with Crippen LogP contribution in [0, 0.1) is 0 Å². The van der Waals surface area contributed by atoms with Crippen LogP contribution in [-0.2, 0) is 29.0 Å². The van der Waals surface area contributed by atoms with Gasteiger partial charge >= 0.3 is 5.97 Å². The Hall–Kier alpha value is -4.34. The summed E-state index contributed by atoms with van der Waals surface area (Å²) in [6.45, 7) is 4.01. The van der Waals surface area contributed by atoms with Crippen LogP contribution in [0.3, 0.4) is 0 Å². The van der Waals surface area contributed by atoms with Crippen molar-refractivity contribution in [2.75, 3.05) is 19.0 Å². The first kappa shape index (κ1) is 26.9. The molecule has 0 spiro atoms. The molecule has 1 unspecified atom stereocenters. The minimum atomic E-state index is -0.976. The Bertz CT molecular complexity index is 1740. The van der Waals surface area contributed by atoms with Crippen LogP contribution in [-0.4, -0.2) is 46.5 Å². The maximum atomic E-state index is 13.9. The molecular formula is C32H30N4O4S. The van der Waals surface area contributed by atoms with Gasteiger partial charge in [-0.3, -0.25) is 20.0 Å². The zero-order valence-electron chi connectivity index (χ0n) is 22.9. The Morgan fingerprint density at radius 2 is 1.83 bits per heavy atom. The summed E-state index contributed by atoms with van der Waals surface area (Å²) in [7, 11) is 1.61. The molecule has 0 fully saturated rings. The van der Waals surface area contributed by atoms with Crippen molar-refractivity contribution in [2.45, 2.75) is 39.0 Å². The highest BCUT2D eigenvalue weighted by Crippen LogP contribution is 2.31. The van der Waals surface area contributed by atoms with Crippen LogP contribution in [0.1, 0.15) is 40.5 Å². The van der Waals surface area contributed by atoms with Crippen molar-refractivity contribution in [1.82, 2.24) is 14.9 Å². The molecule has 0 bridgehead atoms. The second-order valence-electron chi connectivity index (χ2n) is 10.0. The summed E-state index contributed by atoms with van der Waals surface area (Å²) in [5.41, 5.74) is 4.98. The van der Waals surface area contributed by atoms with Crippen LogP contribution in [0.4, 0.5) is 5.13 Å². The number of fused-ring (bicyclic) bond motifs is 3. The molecule has 208 valence electrons. The molecule has 0 aliphatic carbocycles. The topological polar surface area (TPSA) is 93.7 Å². The lowest BCUT2D eigenvalue weighted by Crippen LogP contribution is -2.34. The van der Waals surface area contributed by atoms with E-state index in [1.165, 1.54) is 16.9 Å². The second kappa shape index (κ2) is 11.6. The van der Waals surface area contributed by atoms with Gasteiger partial charge in [-0.15, -0.1) is 0 Å². The highest BCUT2D eigenvalue weighted by molar-refractivity contribution is 7.22. The van der Waals surface area contributed by atoms with Crippen LogP contribution in [0.2, 0.25) is 0 Å². The summed E-state index contributed by atoms with van der Waals surface area (Å²) in [5.74, 6) is -0.211. The number of thiazole rings is 1. The predicted octanol–water partition coefficient (Wildman–Crippen LogP) is 5.99. The molecule has 3 heterocycles. The number of rotatable bonds is 8. The molecule has 41 heavy (non-hydrogen) atoms. The van der Waals surface area contributed by atoms with E-state index in [9.17, 15) is 9.59 Å². The minimum absolute atomic E-state index is 0.321. The Morgan fingerprint density at radius 3 is 2.63 bits per heavy atom. The standard InChI is InChI=1S/C32H30N4O4S/c1-3-27(30(37)35-32-34-26-14-13-21(39-2)17-28(26)41-32)40-31(38)29-22-11-7-8-12-24(22)33-25-15-16-36(19-23(25)29)18-20-9-5-4-6-10-20/h4-14,17,27H,3,15-16,18-19H2,1-2H3,(H,34,35,37). The zero-order chi connectivity index (χ0) is 28.3. The van der Waals surface area contributed by atoms with E-state index in [0.29, 0.717) is 23.7 Å². The molecule has 3 aromatic carbocycles. The lowest BCUT2D eigenvalue weighted by atomic mass is 9.95. The molecule has 1 aliphatic heterocycles. The predicted molar refractivity (Wildman–Crippen MR) is 160 cm³/mol. The van der Waals surface area contributed by atoms with Crippen molar-refractivity contribution in [2.24, 2.45) is 0 Å². The van der Waals surface area contributed by atoms with Gasteiger partial charge in [-0.2, -0.15) is 0 Å². The molecule has 6 rings (SSSR count). The van der Waals surface area contributed by atoms with Gasteiger partial charge in [0, 0.05) is 42.7 Å². The van der Waals surface area contributed by atoms with Crippen molar-refractivity contribution in [3.8, 4) is 5.75 Å². The summed E-state index contributed by atoms with van der Waals surface area (Å²) in [6.07, 6.45) is 0.0743. The van der Waals surface area contributed by atoms with Crippen LogP contribution in [0.15, 0.2) is 72.8 Å². The van der Waals surface area contributed by atoms with E-state index >= 15 is 0 Å². The number of amides is 1. The first-order valence-electron chi connectivity index (χ1n) is 13.7. The van der Waals surface area contributed by atoms with Crippen molar-refractivity contribution in [3.05, 3.63) is 95.2 Å². The number of nitrogens with zero attached hydrogens (tertiary/aromatic N) is 3. The number of para-hydroxylation sites is 1. The van der Waals surface area contributed by atoms with E-state index in [1.807, 2.05) is 67.6 Å². The Labute approximate surface area is 241 Å². The number of aromatic nitrogens is 2. The van der Waals surface area contributed by atoms with Crippen molar-refractivity contribution >= 4 is 49.5 Å². The highest BCUT2D eigenvalue weighted by Gasteiger charge is 2.30. The fraction of sp³-hybridized carbons (Fsp3) is 0.250. The second-order valence-corrected chi connectivity index (χ2v) is 11.1. The van der Waals surface area contributed by atoms with Gasteiger partial charge in [0.15, 0.2) is 11.2 Å². The number of nitrogens with one attached hydrogen (secondary N) is 1. The van der Waals surface area contributed by atoms with E-state index in [-0.39, 0.29) is 0 Å². The van der Waals surface area contributed by atoms with Gasteiger partial charge in [-0.1, -0.05) is 66.8 Å². The molecule has 1 amide bonds. The molecule has 0 saturated heterocycles. The molecule has 8 nitrogen and oxygen atoms in total. The van der Waals surface area contributed by atoms with Gasteiger partial charge < -0.3 is 9.47 Å². The van der Waals surface area contributed by atoms with Gasteiger partial charge in [0.25, 0.3) is 5.91 Å². The molecular weight excluding hydrogens is 536 g/mol. The van der Waals surface area contributed by atoms with E-state index in [4.69, 9.17) is 14.5 Å². The smallest absolute Gasteiger partial charge is 0.340 e. The number of ether oxygens (including phenoxy) is 2. The zero-order valence-corrected chi connectivity index (χ0v) is 23.7. The van der Waals surface area contributed by atoms with E-state index < -0.39 is 18.0 Å². The third kappa shape index (κ3) is 5.64. The summed E-state index contributed by atoms with van der Waals surface area (Å²) < 4.78 is 12.1. The Balaban J connectivity index is 1.25. The van der Waals surface area contributed by atoms with Gasteiger partial charge in [0.2, 0.25) is 0 Å². The Kier molecular flexibility index (Phi) is 7.63. The van der Waals surface area contributed by atoms with Crippen molar-refractivity contribution in [1.29, 1.82) is 0 Å². The number of anilines is 1.